The van der Waals surface area contributed by atoms with Crippen molar-refractivity contribution in [3.8, 4) is 0 Å². The molecule has 0 saturated heterocycles. The standard InChI is InChI=1S/C8H7ClF3NO4S/c1-17-13(18(14,15)16)5-2-3-7(9)6(4-5)8(10,11)12/h2-4H,1H3,(H,14,15,16). The van der Waals surface area contributed by atoms with Gasteiger partial charge in [0.05, 0.1) is 23.4 Å². The van der Waals surface area contributed by atoms with Gasteiger partial charge in [0.25, 0.3) is 0 Å². The Hall–Kier alpha value is -1.03. The predicted molar refractivity (Wildman–Crippen MR) is 57.5 cm³/mol. The van der Waals surface area contributed by atoms with Gasteiger partial charge >= 0.3 is 16.5 Å². The fourth-order valence-corrected chi connectivity index (χ4v) is 1.97. The summed E-state index contributed by atoms with van der Waals surface area (Å²) >= 11 is 5.35. The molecule has 0 aliphatic rings. The van der Waals surface area contributed by atoms with Gasteiger partial charge in [-0.15, -0.1) is 4.47 Å². The highest BCUT2D eigenvalue weighted by Gasteiger charge is 2.34. The first-order valence-corrected chi connectivity index (χ1v) is 6.03. The van der Waals surface area contributed by atoms with Crippen LogP contribution in [-0.4, -0.2) is 20.1 Å². The van der Waals surface area contributed by atoms with Crippen molar-refractivity contribution in [3.05, 3.63) is 28.8 Å². The molecule has 1 N–H and O–H groups in total. The monoisotopic (exact) mass is 305 g/mol. The quantitative estimate of drug-likeness (QED) is 0.688. The van der Waals surface area contributed by atoms with E-state index in [-0.39, 0.29) is 4.47 Å². The molecule has 0 spiro atoms. The van der Waals surface area contributed by atoms with E-state index in [0.29, 0.717) is 6.07 Å². The first-order chi connectivity index (χ1) is 8.07. The molecule has 1 rings (SSSR count). The number of rotatable bonds is 3. The van der Waals surface area contributed by atoms with Crippen LogP contribution in [0.15, 0.2) is 18.2 Å². The molecule has 0 aromatic heterocycles. The first-order valence-electron chi connectivity index (χ1n) is 4.26. The van der Waals surface area contributed by atoms with Gasteiger partial charge in [0, 0.05) is 0 Å². The number of benzene rings is 1. The third-order valence-electron chi connectivity index (χ3n) is 1.84. The van der Waals surface area contributed by atoms with Crippen LogP contribution in [0.2, 0.25) is 5.02 Å². The van der Waals surface area contributed by atoms with Crippen molar-refractivity contribution in [2.75, 3.05) is 11.6 Å². The van der Waals surface area contributed by atoms with Crippen LogP contribution < -0.4 is 4.47 Å². The fourth-order valence-electron chi connectivity index (χ4n) is 1.18. The van der Waals surface area contributed by atoms with Crippen LogP contribution in [-0.2, 0) is 21.3 Å². The van der Waals surface area contributed by atoms with Gasteiger partial charge in [-0.05, 0) is 18.2 Å². The highest BCUT2D eigenvalue weighted by Crippen LogP contribution is 2.37. The highest BCUT2D eigenvalue weighted by atomic mass is 35.5. The Labute approximate surface area is 106 Å². The summed E-state index contributed by atoms with van der Waals surface area (Å²) in [6, 6.07) is 2.24. The number of hydrogen-bond donors (Lipinski definition) is 1. The maximum absolute atomic E-state index is 12.5. The van der Waals surface area contributed by atoms with Crippen LogP contribution in [0.4, 0.5) is 18.9 Å². The second-order valence-corrected chi connectivity index (χ2v) is 4.68. The lowest BCUT2D eigenvalue weighted by molar-refractivity contribution is -0.137. The SMILES string of the molecule is CON(c1ccc(Cl)c(C(F)(F)F)c1)S(=O)(=O)O. The molecule has 18 heavy (non-hydrogen) atoms. The molecule has 0 atom stereocenters. The largest absolute Gasteiger partial charge is 0.417 e. The normalized spacial score (nSPS) is 12.6. The zero-order valence-electron chi connectivity index (χ0n) is 8.77. The summed E-state index contributed by atoms with van der Waals surface area (Å²) < 4.78 is 68.0. The summed E-state index contributed by atoms with van der Waals surface area (Å²) in [6.45, 7) is 0. The van der Waals surface area contributed by atoms with E-state index in [2.05, 4.69) is 4.84 Å². The average Bonchev–Trinajstić information content (AvgIpc) is 2.17. The molecule has 102 valence electrons. The van der Waals surface area contributed by atoms with Gasteiger partial charge in [0.15, 0.2) is 0 Å². The Kier molecular flexibility index (Phi) is 4.11. The van der Waals surface area contributed by atoms with E-state index in [0.717, 1.165) is 19.2 Å². The number of anilines is 1. The number of alkyl halides is 3. The van der Waals surface area contributed by atoms with Crippen LogP contribution in [0.25, 0.3) is 0 Å². The molecule has 0 saturated carbocycles. The van der Waals surface area contributed by atoms with Gasteiger partial charge < -0.3 is 0 Å². The minimum Gasteiger partial charge on any atom is -0.267 e. The van der Waals surface area contributed by atoms with E-state index >= 15 is 0 Å². The van der Waals surface area contributed by atoms with Crippen molar-refractivity contribution < 1.29 is 31.0 Å². The second kappa shape index (κ2) is 4.92. The van der Waals surface area contributed by atoms with Crippen molar-refractivity contribution in [1.29, 1.82) is 0 Å². The molecule has 1 aromatic rings. The van der Waals surface area contributed by atoms with E-state index in [1.54, 1.807) is 0 Å². The third-order valence-corrected chi connectivity index (χ3v) is 2.95. The smallest absolute Gasteiger partial charge is 0.267 e. The van der Waals surface area contributed by atoms with Gasteiger partial charge in [0.2, 0.25) is 0 Å². The molecule has 0 heterocycles. The van der Waals surface area contributed by atoms with E-state index < -0.39 is 32.8 Å². The Balaban J connectivity index is 3.37. The van der Waals surface area contributed by atoms with Crippen LogP contribution in [0.5, 0.6) is 0 Å². The van der Waals surface area contributed by atoms with Crippen molar-refractivity contribution >= 4 is 27.6 Å². The van der Waals surface area contributed by atoms with Crippen molar-refractivity contribution in [2.24, 2.45) is 0 Å². The van der Waals surface area contributed by atoms with Gasteiger partial charge in [-0.25, -0.2) is 0 Å². The highest BCUT2D eigenvalue weighted by molar-refractivity contribution is 7.87. The number of nitrogens with zero attached hydrogens (tertiary/aromatic N) is 1. The van der Waals surface area contributed by atoms with Crippen molar-refractivity contribution in [1.82, 2.24) is 0 Å². The van der Waals surface area contributed by atoms with Crippen LogP contribution >= 0.6 is 11.6 Å². The van der Waals surface area contributed by atoms with E-state index in [1.165, 1.54) is 0 Å². The Morgan fingerprint density at radius 3 is 2.33 bits per heavy atom. The predicted octanol–water partition coefficient (Wildman–Crippen LogP) is 2.53. The molecule has 5 nitrogen and oxygen atoms in total. The summed E-state index contributed by atoms with van der Waals surface area (Å²) in [7, 11) is -3.97. The second-order valence-electron chi connectivity index (χ2n) is 3.05. The lowest BCUT2D eigenvalue weighted by Gasteiger charge is -2.19. The number of hydrogen-bond acceptors (Lipinski definition) is 3. The molecule has 0 aliphatic carbocycles. The van der Waals surface area contributed by atoms with Crippen LogP contribution in [0, 0.1) is 0 Å². The Morgan fingerprint density at radius 1 is 1.39 bits per heavy atom. The zero-order chi connectivity index (χ0) is 14.1. The van der Waals surface area contributed by atoms with E-state index in [1.807, 2.05) is 0 Å². The summed E-state index contributed by atoms with van der Waals surface area (Å²) in [4.78, 5) is 4.29. The Morgan fingerprint density at radius 2 is 1.94 bits per heavy atom. The average molecular weight is 306 g/mol. The molecule has 0 fully saturated rings. The van der Waals surface area contributed by atoms with Gasteiger partial charge in [-0.2, -0.15) is 21.6 Å². The summed E-state index contributed by atoms with van der Waals surface area (Å²) in [5.74, 6) is 0. The molecule has 0 aliphatic heterocycles. The van der Waals surface area contributed by atoms with Gasteiger partial charge in [0.1, 0.15) is 0 Å². The van der Waals surface area contributed by atoms with Gasteiger partial charge in [-0.1, -0.05) is 11.6 Å². The lowest BCUT2D eigenvalue weighted by Crippen LogP contribution is -2.29. The minimum absolute atomic E-state index is 0.0709. The van der Waals surface area contributed by atoms with Gasteiger partial charge in [-0.3, -0.25) is 9.39 Å². The molecular formula is C8H7ClF3NO4S. The third kappa shape index (κ3) is 3.25. The lowest BCUT2D eigenvalue weighted by atomic mass is 10.2. The zero-order valence-corrected chi connectivity index (χ0v) is 10.3. The maximum Gasteiger partial charge on any atom is 0.417 e. The molecule has 0 radical (unpaired) electrons. The van der Waals surface area contributed by atoms with Crippen LogP contribution in [0.1, 0.15) is 5.56 Å². The van der Waals surface area contributed by atoms with E-state index in [4.69, 9.17) is 16.2 Å². The summed E-state index contributed by atoms with van der Waals surface area (Å²) in [6.07, 6.45) is -4.76. The summed E-state index contributed by atoms with van der Waals surface area (Å²) in [5.41, 5.74) is -1.77. The minimum atomic E-state index is -4.84. The van der Waals surface area contributed by atoms with E-state index in [9.17, 15) is 21.6 Å². The topological polar surface area (TPSA) is 66.8 Å². The summed E-state index contributed by atoms with van der Waals surface area (Å²) in [5, 5.41) is -0.599. The Bertz CT molecular complexity index is 546. The van der Waals surface area contributed by atoms with Crippen molar-refractivity contribution in [3.63, 3.8) is 0 Å². The molecule has 0 bridgehead atoms. The molecular weight excluding hydrogens is 299 g/mol. The molecule has 1 aromatic carbocycles. The molecule has 0 unspecified atom stereocenters. The van der Waals surface area contributed by atoms with Crippen molar-refractivity contribution in [2.45, 2.75) is 6.18 Å². The number of halogens is 4. The molecule has 0 amide bonds. The fraction of sp³-hybridized carbons (Fsp3) is 0.250. The first kappa shape index (κ1) is 15.0. The van der Waals surface area contributed by atoms with Crippen LogP contribution in [0.3, 0.4) is 0 Å². The molecule has 10 heteroatoms. The maximum atomic E-state index is 12.5.